The zero-order chi connectivity index (χ0) is 10.8. The summed E-state index contributed by atoms with van der Waals surface area (Å²) in [5.41, 5.74) is 0.0616. The summed E-state index contributed by atoms with van der Waals surface area (Å²) in [6, 6.07) is 6.11. The Bertz CT molecular complexity index is 317. The number of aliphatic hydroxyl groups excluding tert-OH is 2. The Morgan fingerprint density at radius 2 is 1.93 bits per heavy atom. The minimum absolute atomic E-state index is 0.0616. The van der Waals surface area contributed by atoms with Gasteiger partial charge in [-0.2, -0.15) is 0 Å². The van der Waals surface area contributed by atoms with Crippen LogP contribution in [0.15, 0.2) is 28.7 Å². The second-order valence-electron chi connectivity index (χ2n) is 2.84. The summed E-state index contributed by atoms with van der Waals surface area (Å²) in [7, 11) is 0. The van der Waals surface area contributed by atoms with Crippen LogP contribution in [0.1, 0.15) is 11.7 Å². The van der Waals surface area contributed by atoms with Gasteiger partial charge in [0, 0.05) is 10.0 Å². The number of rotatable bonds is 3. The summed E-state index contributed by atoms with van der Waals surface area (Å²) in [6.45, 7) is -1.38. The van der Waals surface area contributed by atoms with Crippen LogP contribution < -0.4 is 0 Å². The maximum absolute atomic E-state index is 12.9. The molecule has 2 N–H and O–H groups in total. The predicted octanol–water partition coefficient (Wildman–Crippen LogP) is 2.11. The number of alkyl halides is 2. The van der Waals surface area contributed by atoms with E-state index in [9.17, 15) is 13.9 Å². The fourth-order valence-electron chi connectivity index (χ4n) is 1.01. The number of benzene rings is 1. The Hall–Kier alpha value is -0.520. The molecule has 0 saturated carbocycles. The van der Waals surface area contributed by atoms with Gasteiger partial charge in [-0.3, -0.25) is 0 Å². The SMILES string of the molecule is OCC(F)(F)C(O)c1ccccc1Br. The largest absolute Gasteiger partial charge is 0.390 e. The average Bonchev–Trinajstić information content (AvgIpc) is 2.17. The molecule has 0 amide bonds. The molecule has 0 aliphatic carbocycles. The topological polar surface area (TPSA) is 40.5 Å². The highest BCUT2D eigenvalue weighted by Gasteiger charge is 2.39. The van der Waals surface area contributed by atoms with E-state index in [1.54, 1.807) is 12.1 Å². The van der Waals surface area contributed by atoms with E-state index >= 15 is 0 Å². The highest BCUT2D eigenvalue weighted by atomic mass is 79.9. The van der Waals surface area contributed by atoms with Gasteiger partial charge in [0.2, 0.25) is 0 Å². The average molecular weight is 267 g/mol. The second-order valence-corrected chi connectivity index (χ2v) is 3.70. The normalized spacial score (nSPS) is 14.1. The molecule has 0 radical (unpaired) electrons. The molecule has 78 valence electrons. The Morgan fingerprint density at radius 1 is 1.36 bits per heavy atom. The zero-order valence-electron chi connectivity index (χ0n) is 7.12. The molecule has 1 aromatic rings. The maximum atomic E-state index is 12.9. The van der Waals surface area contributed by atoms with Crippen LogP contribution in [0.4, 0.5) is 8.78 Å². The number of aliphatic hydroxyl groups is 2. The van der Waals surface area contributed by atoms with Crippen LogP contribution >= 0.6 is 15.9 Å². The van der Waals surface area contributed by atoms with E-state index < -0.39 is 18.6 Å². The Balaban J connectivity index is 3.00. The molecule has 1 aromatic carbocycles. The van der Waals surface area contributed by atoms with E-state index in [-0.39, 0.29) is 5.56 Å². The van der Waals surface area contributed by atoms with Crippen LogP contribution in [-0.4, -0.2) is 22.7 Å². The Labute approximate surface area is 88.3 Å². The van der Waals surface area contributed by atoms with E-state index in [1.807, 2.05) is 0 Å². The summed E-state index contributed by atoms with van der Waals surface area (Å²) in [5, 5.41) is 17.7. The third-order valence-corrected chi connectivity index (χ3v) is 2.53. The molecule has 1 unspecified atom stereocenters. The van der Waals surface area contributed by atoms with Crippen molar-refractivity contribution in [3.63, 3.8) is 0 Å². The van der Waals surface area contributed by atoms with Gasteiger partial charge in [-0.1, -0.05) is 34.1 Å². The zero-order valence-corrected chi connectivity index (χ0v) is 8.71. The lowest BCUT2D eigenvalue weighted by atomic mass is 10.0. The third-order valence-electron chi connectivity index (χ3n) is 1.81. The van der Waals surface area contributed by atoms with E-state index in [1.165, 1.54) is 12.1 Å². The van der Waals surface area contributed by atoms with Crippen molar-refractivity contribution in [2.45, 2.75) is 12.0 Å². The molecule has 0 heterocycles. The highest BCUT2D eigenvalue weighted by molar-refractivity contribution is 9.10. The van der Waals surface area contributed by atoms with Gasteiger partial charge < -0.3 is 10.2 Å². The van der Waals surface area contributed by atoms with Crippen LogP contribution in [0.5, 0.6) is 0 Å². The van der Waals surface area contributed by atoms with Crippen molar-refractivity contribution >= 4 is 15.9 Å². The monoisotopic (exact) mass is 266 g/mol. The van der Waals surface area contributed by atoms with Crippen molar-refractivity contribution in [3.05, 3.63) is 34.3 Å². The summed E-state index contributed by atoms with van der Waals surface area (Å²) in [5.74, 6) is -3.52. The lowest BCUT2D eigenvalue weighted by Crippen LogP contribution is -2.30. The van der Waals surface area contributed by atoms with E-state index in [2.05, 4.69) is 15.9 Å². The first-order valence-electron chi connectivity index (χ1n) is 3.90. The molecule has 0 fully saturated rings. The van der Waals surface area contributed by atoms with E-state index in [4.69, 9.17) is 5.11 Å². The van der Waals surface area contributed by atoms with Gasteiger partial charge in [-0.25, -0.2) is 8.78 Å². The van der Waals surface area contributed by atoms with Gasteiger partial charge in [-0.05, 0) is 6.07 Å². The van der Waals surface area contributed by atoms with Gasteiger partial charge in [0.15, 0.2) is 0 Å². The Morgan fingerprint density at radius 3 is 2.43 bits per heavy atom. The third kappa shape index (κ3) is 2.29. The smallest absolute Gasteiger partial charge is 0.300 e. The Kier molecular flexibility index (Phi) is 3.58. The van der Waals surface area contributed by atoms with Crippen molar-refractivity contribution in [2.75, 3.05) is 6.61 Å². The van der Waals surface area contributed by atoms with Gasteiger partial charge in [0.25, 0.3) is 5.92 Å². The number of halogens is 3. The first-order valence-corrected chi connectivity index (χ1v) is 4.69. The van der Waals surface area contributed by atoms with Crippen molar-refractivity contribution < 1.29 is 19.0 Å². The van der Waals surface area contributed by atoms with Crippen LogP contribution in [0.25, 0.3) is 0 Å². The lowest BCUT2D eigenvalue weighted by Gasteiger charge is -2.21. The molecular weight excluding hydrogens is 258 g/mol. The van der Waals surface area contributed by atoms with Crippen molar-refractivity contribution in [1.29, 1.82) is 0 Å². The molecule has 0 bridgehead atoms. The minimum atomic E-state index is -3.52. The molecule has 1 atom stereocenters. The molecule has 0 aromatic heterocycles. The maximum Gasteiger partial charge on any atom is 0.300 e. The molecule has 0 saturated heterocycles. The summed E-state index contributed by atoms with van der Waals surface area (Å²) in [4.78, 5) is 0. The second kappa shape index (κ2) is 4.33. The van der Waals surface area contributed by atoms with Crippen LogP contribution in [0.2, 0.25) is 0 Å². The van der Waals surface area contributed by atoms with Gasteiger partial charge in [0.1, 0.15) is 12.7 Å². The fourth-order valence-corrected chi connectivity index (χ4v) is 1.51. The van der Waals surface area contributed by atoms with Crippen LogP contribution in [0, 0.1) is 0 Å². The van der Waals surface area contributed by atoms with E-state index in [0.717, 1.165) is 0 Å². The molecule has 0 aliphatic heterocycles. The van der Waals surface area contributed by atoms with Crippen LogP contribution in [0.3, 0.4) is 0 Å². The molecule has 1 rings (SSSR count). The highest BCUT2D eigenvalue weighted by Crippen LogP contribution is 2.34. The minimum Gasteiger partial charge on any atom is -0.390 e. The fraction of sp³-hybridized carbons (Fsp3) is 0.333. The van der Waals surface area contributed by atoms with Gasteiger partial charge in [0.05, 0.1) is 0 Å². The molecule has 5 heteroatoms. The number of hydrogen-bond donors (Lipinski definition) is 2. The molecule has 0 spiro atoms. The molecular formula is C9H9BrF2O2. The van der Waals surface area contributed by atoms with Crippen molar-refractivity contribution in [2.24, 2.45) is 0 Å². The standard InChI is InChI=1S/C9H9BrF2O2/c10-7-4-2-1-3-6(7)8(14)9(11,12)5-13/h1-4,8,13-14H,5H2. The van der Waals surface area contributed by atoms with Crippen LogP contribution in [-0.2, 0) is 0 Å². The first kappa shape index (κ1) is 11.6. The van der Waals surface area contributed by atoms with Gasteiger partial charge in [-0.15, -0.1) is 0 Å². The molecule has 14 heavy (non-hydrogen) atoms. The van der Waals surface area contributed by atoms with Crippen molar-refractivity contribution in [3.8, 4) is 0 Å². The number of hydrogen-bond acceptors (Lipinski definition) is 2. The van der Waals surface area contributed by atoms with E-state index in [0.29, 0.717) is 4.47 Å². The first-order chi connectivity index (χ1) is 6.49. The lowest BCUT2D eigenvalue weighted by molar-refractivity contribution is -0.139. The van der Waals surface area contributed by atoms with Gasteiger partial charge >= 0.3 is 0 Å². The molecule has 0 aliphatic rings. The quantitative estimate of drug-likeness (QED) is 0.880. The predicted molar refractivity (Wildman–Crippen MR) is 51.1 cm³/mol. The molecule has 2 nitrogen and oxygen atoms in total. The van der Waals surface area contributed by atoms with Crippen molar-refractivity contribution in [1.82, 2.24) is 0 Å². The summed E-state index contributed by atoms with van der Waals surface area (Å²) >= 11 is 3.04. The summed E-state index contributed by atoms with van der Waals surface area (Å²) < 4.78 is 26.2. The summed E-state index contributed by atoms with van der Waals surface area (Å²) in [6.07, 6.45) is -2.00.